The topological polar surface area (TPSA) is 64.1 Å². The number of anilines is 1. The Morgan fingerprint density at radius 2 is 1.96 bits per heavy atom. The van der Waals surface area contributed by atoms with Crippen molar-refractivity contribution in [2.24, 2.45) is 0 Å². The molecule has 0 saturated carbocycles. The van der Waals surface area contributed by atoms with Gasteiger partial charge in [0, 0.05) is 11.3 Å². The van der Waals surface area contributed by atoms with Gasteiger partial charge in [0.2, 0.25) is 5.91 Å². The number of ether oxygens (including phenoxy) is 1. The van der Waals surface area contributed by atoms with Crippen molar-refractivity contribution in [2.75, 3.05) is 11.1 Å². The molecule has 0 fully saturated rings. The second-order valence-electron chi connectivity index (χ2n) is 5.66. The van der Waals surface area contributed by atoms with Crippen LogP contribution in [-0.4, -0.2) is 27.4 Å². The molecule has 0 atom stereocenters. The summed E-state index contributed by atoms with van der Waals surface area (Å²) in [5.41, 5.74) is 2.39. The highest BCUT2D eigenvalue weighted by Crippen LogP contribution is 2.26. The number of carbonyl (C=O) groups excluding carboxylic acids is 1. The molecule has 0 spiro atoms. The van der Waals surface area contributed by atoms with Crippen LogP contribution in [-0.2, 0) is 4.79 Å². The highest BCUT2D eigenvalue weighted by atomic mass is 32.2. The molecule has 5 nitrogen and oxygen atoms in total. The summed E-state index contributed by atoms with van der Waals surface area (Å²) in [6.07, 6.45) is -4.75. The predicted molar refractivity (Wildman–Crippen MR) is 103 cm³/mol. The Balaban J connectivity index is 1.52. The zero-order valence-corrected chi connectivity index (χ0v) is 16.1. The molecule has 0 saturated heterocycles. The van der Waals surface area contributed by atoms with E-state index in [-0.39, 0.29) is 17.4 Å². The average Bonchev–Trinajstić information content (AvgIpc) is 3.10. The summed E-state index contributed by atoms with van der Waals surface area (Å²) >= 11 is 2.44. The lowest BCUT2D eigenvalue weighted by Crippen LogP contribution is -2.17. The van der Waals surface area contributed by atoms with Gasteiger partial charge in [-0.15, -0.1) is 13.2 Å². The second kappa shape index (κ2) is 8.61. The largest absolute Gasteiger partial charge is 0.573 e. The van der Waals surface area contributed by atoms with Crippen molar-refractivity contribution in [1.29, 1.82) is 0 Å². The van der Waals surface area contributed by atoms with E-state index in [2.05, 4.69) is 19.4 Å². The number of thioether (sulfide) groups is 1. The second-order valence-corrected chi connectivity index (χ2v) is 7.64. The summed E-state index contributed by atoms with van der Waals surface area (Å²) in [5.74, 6) is 0.0551. The van der Waals surface area contributed by atoms with E-state index in [0.717, 1.165) is 23.3 Å². The molecule has 0 radical (unpaired) electrons. The van der Waals surface area contributed by atoms with Gasteiger partial charge in [-0.1, -0.05) is 35.5 Å². The molecule has 1 heterocycles. The molecule has 2 aromatic carbocycles. The highest BCUT2D eigenvalue weighted by Gasteiger charge is 2.30. The molecule has 1 N–H and O–H groups in total. The summed E-state index contributed by atoms with van der Waals surface area (Å²) in [4.78, 5) is 16.4. The molecule has 28 heavy (non-hydrogen) atoms. The Morgan fingerprint density at radius 1 is 1.21 bits per heavy atom. The van der Waals surface area contributed by atoms with E-state index in [1.54, 1.807) is 0 Å². The van der Waals surface area contributed by atoms with E-state index in [9.17, 15) is 18.0 Å². The summed E-state index contributed by atoms with van der Waals surface area (Å²) in [6.45, 7) is 1.98. The van der Waals surface area contributed by atoms with Gasteiger partial charge in [0.1, 0.15) is 5.75 Å². The minimum Gasteiger partial charge on any atom is -0.406 e. The number of benzene rings is 2. The first-order chi connectivity index (χ1) is 13.3. The quantitative estimate of drug-likeness (QED) is 0.554. The van der Waals surface area contributed by atoms with Crippen LogP contribution in [0.5, 0.6) is 5.75 Å². The molecular weight excluding hydrogens is 411 g/mol. The van der Waals surface area contributed by atoms with Gasteiger partial charge >= 0.3 is 6.36 Å². The number of hydrogen-bond acceptors (Lipinski definition) is 6. The maximum atomic E-state index is 12.1. The maximum absolute atomic E-state index is 12.1. The van der Waals surface area contributed by atoms with Crippen molar-refractivity contribution in [3.8, 4) is 17.1 Å². The van der Waals surface area contributed by atoms with Gasteiger partial charge in [-0.3, -0.25) is 4.79 Å². The molecule has 1 aromatic heterocycles. The lowest BCUT2D eigenvalue weighted by atomic mass is 10.1. The third-order valence-corrected chi connectivity index (χ3v) is 5.22. The fraction of sp³-hybridized carbons (Fsp3) is 0.167. The van der Waals surface area contributed by atoms with Crippen LogP contribution in [0.4, 0.5) is 18.9 Å². The molecule has 1 amide bonds. The Kier molecular flexibility index (Phi) is 6.20. The normalized spacial score (nSPS) is 11.3. The minimum atomic E-state index is -4.75. The molecule has 0 aliphatic rings. The number of hydrogen-bond donors (Lipinski definition) is 1. The number of aromatic nitrogens is 2. The van der Waals surface area contributed by atoms with Gasteiger partial charge in [0.05, 0.1) is 5.75 Å². The first kappa shape index (κ1) is 20.2. The van der Waals surface area contributed by atoms with Crippen LogP contribution < -0.4 is 10.1 Å². The van der Waals surface area contributed by atoms with Crippen LogP contribution in [0.1, 0.15) is 5.56 Å². The monoisotopic (exact) mass is 425 g/mol. The van der Waals surface area contributed by atoms with Crippen LogP contribution >= 0.6 is 23.3 Å². The predicted octanol–water partition coefficient (Wildman–Crippen LogP) is 5.14. The van der Waals surface area contributed by atoms with Gasteiger partial charge < -0.3 is 10.1 Å². The third-order valence-electron chi connectivity index (χ3n) is 3.38. The number of alkyl halides is 3. The van der Waals surface area contributed by atoms with E-state index >= 15 is 0 Å². The third kappa shape index (κ3) is 5.96. The first-order valence-corrected chi connectivity index (χ1v) is 9.73. The number of halogens is 3. The number of nitrogens with one attached hydrogen (secondary N) is 1. The molecular formula is C18H14F3N3O2S2. The molecule has 0 unspecified atom stereocenters. The Bertz CT molecular complexity index is 959. The smallest absolute Gasteiger partial charge is 0.406 e. The molecule has 0 bridgehead atoms. The van der Waals surface area contributed by atoms with Crippen molar-refractivity contribution < 1.29 is 22.7 Å². The van der Waals surface area contributed by atoms with Gasteiger partial charge in [0.25, 0.3) is 0 Å². The Labute approximate surface area is 167 Å². The molecule has 146 valence electrons. The summed E-state index contributed by atoms with van der Waals surface area (Å²) in [5, 5.41) is 2.61. The van der Waals surface area contributed by atoms with Crippen molar-refractivity contribution in [1.82, 2.24) is 9.36 Å². The van der Waals surface area contributed by atoms with E-state index in [4.69, 9.17) is 0 Å². The maximum Gasteiger partial charge on any atom is 0.573 e. The van der Waals surface area contributed by atoms with E-state index in [1.807, 2.05) is 31.2 Å². The number of carbonyl (C=O) groups is 1. The number of rotatable bonds is 6. The van der Waals surface area contributed by atoms with Crippen molar-refractivity contribution >= 4 is 34.9 Å². The van der Waals surface area contributed by atoms with Crippen LogP contribution in [0.15, 0.2) is 52.9 Å². The van der Waals surface area contributed by atoms with Crippen LogP contribution in [0, 0.1) is 6.92 Å². The van der Waals surface area contributed by atoms with Gasteiger partial charge in [-0.25, -0.2) is 4.98 Å². The van der Waals surface area contributed by atoms with Crippen LogP contribution in [0.2, 0.25) is 0 Å². The zero-order valence-electron chi connectivity index (χ0n) is 14.5. The van der Waals surface area contributed by atoms with E-state index in [0.29, 0.717) is 15.9 Å². The lowest BCUT2D eigenvalue weighted by Gasteiger charge is -2.09. The van der Waals surface area contributed by atoms with Crippen molar-refractivity contribution in [2.45, 2.75) is 17.6 Å². The Morgan fingerprint density at radius 3 is 2.64 bits per heavy atom. The summed E-state index contributed by atoms with van der Waals surface area (Å²) < 4.78 is 45.2. The molecule has 3 aromatic rings. The highest BCUT2D eigenvalue weighted by molar-refractivity contribution is 8.01. The fourth-order valence-electron chi connectivity index (χ4n) is 2.23. The van der Waals surface area contributed by atoms with Gasteiger partial charge in [-0.05, 0) is 48.8 Å². The number of amides is 1. The summed E-state index contributed by atoms with van der Waals surface area (Å²) in [7, 11) is 0. The fourth-order valence-corrected chi connectivity index (χ4v) is 3.65. The summed E-state index contributed by atoms with van der Waals surface area (Å²) in [6, 6.07) is 12.8. The van der Waals surface area contributed by atoms with Crippen LogP contribution in [0.25, 0.3) is 11.4 Å². The lowest BCUT2D eigenvalue weighted by molar-refractivity contribution is -0.274. The zero-order chi connectivity index (χ0) is 20.1. The van der Waals surface area contributed by atoms with E-state index in [1.165, 1.54) is 35.4 Å². The van der Waals surface area contributed by atoms with Crippen LogP contribution in [0.3, 0.4) is 0 Å². The average molecular weight is 425 g/mol. The molecule has 0 aliphatic carbocycles. The van der Waals surface area contributed by atoms with Gasteiger partial charge in [-0.2, -0.15) is 4.37 Å². The molecule has 0 aliphatic heterocycles. The Hall–Kier alpha value is -2.59. The number of nitrogens with zero attached hydrogens (tertiary/aromatic N) is 2. The minimum absolute atomic E-state index is 0.100. The standard InChI is InChI=1S/C18H14F3N3O2S2/c1-11-3-2-4-12(9-11)16-23-17(28-24-16)27-10-15(25)22-13-5-7-14(8-6-13)26-18(19,20)21/h2-9H,10H2,1H3,(H,22,25). The molecule has 10 heteroatoms. The SMILES string of the molecule is Cc1cccc(-c2nsc(SCC(=O)Nc3ccc(OC(F)(F)F)cc3)n2)c1. The number of aryl methyl sites for hydroxylation is 1. The van der Waals surface area contributed by atoms with E-state index < -0.39 is 6.36 Å². The molecule has 3 rings (SSSR count). The van der Waals surface area contributed by atoms with Crippen molar-refractivity contribution in [3.63, 3.8) is 0 Å². The first-order valence-electron chi connectivity index (χ1n) is 7.98. The van der Waals surface area contributed by atoms with Crippen molar-refractivity contribution in [3.05, 3.63) is 54.1 Å². The van der Waals surface area contributed by atoms with Gasteiger partial charge in [0.15, 0.2) is 10.2 Å².